The summed E-state index contributed by atoms with van der Waals surface area (Å²) in [6.07, 6.45) is 1.54. The van der Waals surface area contributed by atoms with Crippen LogP contribution < -0.4 is 15.6 Å². The summed E-state index contributed by atoms with van der Waals surface area (Å²) in [5.74, 6) is -0.114. The van der Waals surface area contributed by atoms with E-state index in [0.29, 0.717) is 27.7 Å². The molecule has 2 N–H and O–H groups in total. The van der Waals surface area contributed by atoms with Gasteiger partial charge in [0, 0.05) is 17.6 Å². The molecule has 0 aliphatic heterocycles. The summed E-state index contributed by atoms with van der Waals surface area (Å²) < 4.78 is 19.0. The van der Waals surface area contributed by atoms with Crippen molar-refractivity contribution in [3.05, 3.63) is 111 Å². The Labute approximate surface area is 188 Å². The number of rotatable bonds is 7. The van der Waals surface area contributed by atoms with Crippen LogP contribution in [0.1, 0.15) is 26.4 Å². The topological polar surface area (TPSA) is 71.2 Å². The zero-order chi connectivity index (χ0) is 22.5. The smallest absolute Gasteiger partial charge is 0.261 e. The van der Waals surface area contributed by atoms with Gasteiger partial charge in [-0.15, -0.1) is 11.3 Å². The molecule has 7 heteroatoms. The van der Waals surface area contributed by atoms with Crippen molar-refractivity contribution in [1.29, 1.82) is 0 Å². The van der Waals surface area contributed by atoms with Crippen molar-refractivity contribution in [3.8, 4) is 16.2 Å². The predicted molar refractivity (Wildman–Crippen MR) is 123 cm³/mol. The molecule has 4 rings (SSSR count). The van der Waals surface area contributed by atoms with Crippen molar-refractivity contribution < 1.29 is 13.9 Å². The van der Waals surface area contributed by atoms with E-state index in [4.69, 9.17) is 4.74 Å². The Balaban J connectivity index is 1.54. The number of hydrogen-bond donors (Lipinski definition) is 2. The molecular weight excluding hydrogens is 427 g/mol. The van der Waals surface area contributed by atoms with Gasteiger partial charge in [-0.1, -0.05) is 42.5 Å². The Morgan fingerprint density at radius 1 is 1.06 bits per heavy atom. The van der Waals surface area contributed by atoms with Crippen LogP contribution in [0.4, 0.5) is 4.39 Å². The summed E-state index contributed by atoms with van der Waals surface area (Å²) in [5.41, 5.74) is 2.66. The van der Waals surface area contributed by atoms with E-state index < -0.39 is 0 Å². The van der Waals surface area contributed by atoms with E-state index in [0.717, 1.165) is 16.7 Å². The second kappa shape index (κ2) is 9.62. The van der Waals surface area contributed by atoms with E-state index in [1.807, 2.05) is 43.3 Å². The molecule has 0 atom stereocenters. The van der Waals surface area contributed by atoms with E-state index >= 15 is 0 Å². The number of ether oxygens (including phenoxy) is 1. The number of halogens is 1. The van der Waals surface area contributed by atoms with Gasteiger partial charge in [-0.2, -0.15) is 0 Å². The number of aromatic amines is 1. The first-order chi connectivity index (χ1) is 15.5. The van der Waals surface area contributed by atoms with Gasteiger partial charge in [-0.25, -0.2) is 4.39 Å². The Kier molecular flexibility index (Phi) is 6.47. The average molecular weight is 449 g/mol. The van der Waals surface area contributed by atoms with Gasteiger partial charge >= 0.3 is 0 Å². The van der Waals surface area contributed by atoms with Gasteiger partial charge in [0.1, 0.15) is 18.2 Å². The summed E-state index contributed by atoms with van der Waals surface area (Å²) in [5, 5.41) is 2.85. The molecule has 0 fully saturated rings. The van der Waals surface area contributed by atoms with E-state index in [2.05, 4.69) is 10.3 Å². The number of nitrogens with one attached hydrogen (secondary N) is 2. The molecule has 0 saturated carbocycles. The maximum absolute atomic E-state index is 13.1. The Morgan fingerprint density at radius 3 is 2.56 bits per heavy atom. The molecule has 0 bridgehead atoms. The van der Waals surface area contributed by atoms with Gasteiger partial charge in [0.25, 0.3) is 11.5 Å². The number of aryl methyl sites for hydroxylation is 1. The fraction of sp³-hybridized carbons (Fsp3) is 0.120. The maximum atomic E-state index is 13.1. The number of amides is 1. The number of aromatic nitrogens is 1. The second-order valence-corrected chi connectivity index (χ2v) is 8.30. The molecule has 0 spiro atoms. The van der Waals surface area contributed by atoms with Crippen molar-refractivity contribution in [2.24, 2.45) is 0 Å². The third-order valence-corrected chi connectivity index (χ3v) is 6.15. The Morgan fingerprint density at radius 2 is 1.81 bits per heavy atom. The quantitative estimate of drug-likeness (QED) is 0.415. The van der Waals surface area contributed by atoms with E-state index in [9.17, 15) is 14.0 Å². The lowest BCUT2D eigenvalue weighted by Crippen LogP contribution is -2.22. The van der Waals surface area contributed by atoms with Crippen LogP contribution in [0, 0.1) is 12.7 Å². The average Bonchev–Trinajstić information content (AvgIpc) is 3.19. The maximum Gasteiger partial charge on any atom is 0.261 e. The van der Waals surface area contributed by atoms with Crippen molar-refractivity contribution in [2.45, 2.75) is 20.1 Å². The number of carbonyl (C=O) groups excluding carboxylic acids is 1. The minimum Gasteiger partial charge on any atom is -0.488 e. The highest BCUT2D eigenvalue weighted by Crippen LogP contribution is 2.34. The molecular formula is C25H21FN2O3S. The monoisotopic (exact) mass is 448 g/mol. The molecule has 2 aromatic carbocycles. The lowest BCUT2D eigenvalue weighted by Gasteiger charge is -2.09. The molecule has 1 amide bonds. The van der Waals surface area contributed by atoms with Crippen LogP contribution in [0.3, 0.4) is 0 Å². The third kappa shape index (κ3) is 4.95. The van der Waals surface area contributed by atoms with Gasteiger partial charge in [0.15, 0.2) is 0 Å². The minimum absolute atomic E-state index is 0.248. The molecule has 162 valence electrons. The number of hydrogen-bond acceptors (Lipinski definition) is 4. The van der Waals surface area contributed by atoms with Gasteiger partial charge in [0.2, 0.25) is 0 Å². The zero-order valence-electron chi connectivity index (χ0n) is 17.4. The summed E-state index contributed by atoms with van der Waals surface area (Å²) >= 11 is 1.24. The van der Waals surface area contributed by atoms with Crippen LogP contribution in [0.5, 0.6) is 5.75 Å². The first-order valence-electron chi connectivity index (χ1n) is 10.0. The molecule has 0 aliphatic carbocycles. The van der Waals surface area contributed by atoms with Crippen LogP contribution in [-0.2, 0) is 13.2 Å². The molecule has 5 nitrogen and oxygen atoms in total. The summed E-state index contributed by atoms with van der Waals surface area (Å²) in [6, 6.07) is 19.2. The second-order valence-electron chi connectivity index (χ2n) is 7.25. The molecule has 0 radical (unpaired) electrons. The fourth-order valence-corrected chi connectivity index (χ4v) is 4.38. The van der Waals surface area contributed by atoms with Crippen molar-refractivity contribution in [1.82, 2.24) is 10.3 Å². The van der Waals surface area contributed by atoms with E-state index in [-0.39, 0.29) is 23.8 Å². The Bertz CT molecular complexity index is 1280. The Hall–Kier alpha value is -3.71. The number of pyridine rings is 1. The van der Waals surface area contributed by atoms with E-state index in [1.165, 1.54) is 23.5 Å². The normalized spacial score (nSPS) is 10.7. The number of H-pyrrole nitrogens is 1. The lowest BCUT2D eigenvalue weighted by atomic mass is 10.1. The summed E-state index contributed by atoms with van der Waals surface area (Å²) in [6.45, 7) is 2.43. The first kappa shape index (κ1) is 21.5. The van der Waals surface area contributed by atoms with Crippen LogP contribution in [0.2, 0.25) is 0 Å². The van der Waals surface area contributed by atoms with Gasteiger partial charge in [-0.05, 0) is 47.9 Å². The molecule has 2 heterocycles. The van der Waals surface area contributed by atoms with E-state index in [1.54, 1.807) is 24.4 Å². The van der Waals surface area contributed by atoms with Gasteiger partial charge < -0.3 is 15.0 Å². The lowest BCUT2D eigenvalue weighted by molar-refractivity contribution is 0.0954. The molecule has 32 heavy (non-hydrogen) atoms. The molecule has 0 aliphatic rings. The van der Waals surface area contributed by atoms with Gasteiger partial charge in [0.05, 0.1) is 10.4 Å². The largest absolute Gasteiger partial charge is 0.488 e. The molecule has 0 saturated heterocycles. The zero-order valence-corrected chi connectivity index (χ0v) is 18.2. The van der Waals surface area contributed by atoms with Crippen LogP contribution in [0.15, 0.2) is 77.7 Å². The highest BCUT2D eigenvalue weighted by molar-refractivity contribution is 7.17. The number of thiophene rings is 1. The van der Waals surface area contributed by atoms with Crippen molar-refractivity contribution >= 4 is 17.2 Å². The van der Waals surface area contributed by atoms with Crippen LogP contribution in [0.25, 0.3) is 10.4 Å². The molecule has 0 unspecified atom stereocenters. The standard InChI is InChI=1S/C25H21FN2O3S/c1-16-13-21(32-23(16)25(30)28-14-17-7-9-19(26)10-8-17)22-20(11-12-27-24(22)29)31-15-18-5-3-2-4-6-18/h2-13H,14-15H2,1H3,(H,27,29)(H,28,30). The number of benzene rings is 2. The van der Waals surface area contributed by atoms with Crippen molar-refractivity contribution in [2.75, 3.05) is 0 Å². The van der Waals surface area contributed by atoms with Crippen LogP contribution >= 0.6 is 11.3 Å². The molecule has 2 aromatic heterocycles. The van der Waals surface area contributed by atoms with Gasteiger partial charge in [-0.3, -0.25) is 9.59 Å². The SMILES string of the molecule is Cc1cc(-c2c(OCc3ccccc3)cc[nH]c2=O)sc1C(=O)NCc1ccc(F)cc1. The highest BCUT2D eigenvalue weighted by Gasteiger charge is 2.19. The van der Waals surface area contributed by atoms with Crippen LogP contribution in [-0.4, -0.2) is 10.9 Å². The number of carbonyl (C=O) groups is 1. The summed E-state index contributed by atoms with van der Waals surface area (Å²) in [4.78, 5) is 29.2. The third-order valence-electron chi connectivity index (χ3n) is 4.90. The minimum atomic E-state index is -0.322. The fourth-order valence-electron chi connectivity index (χ4n) is 3.24. The first-order valence-corrected chi connectivity index (χ1v) is 10.8. The predicted octanol–water partition coefficient (Wildman–Crippen LogP) is 5.06. The summed E-state index contributed by atoms with van der Waals surface area (Å²) in [7, 11) is 0. The molecule has 4 aromatic rings. The highest BCUT2D eigenvalue weighted by atomic mass is 32.1. The van der Waals surface area contributed by atoms with Crippen molar-refractivity contribution in [3.63, 3.8) is 0 Å².